The van der Waals surface area contributed by atoms with E-state index in [1.54, 1.807) is 31.1 Å². The van der Waals surface area contributed by atoms with Gasteiger partial charge in [0.15, 0.2) is 0 Å². The summed E-state index contributed by atoms with van der Waals surface area (Å²) >= 11 is 5.91. The van der Waals surface area contributed by atoms with Crippen LogP contribution in [0, 0.1) is 6.92 Å². The van der Waals surface area contributed by atoms with E-state index in [4.69, 9.17) is 11.6 Å². The first-order valence-electron chi connectivity index (χ1n) is 5.27. The number of rotatable bonds is 1. The Hall–Kier alpha value is -1.61. The summed E-state index contributed by atoms with van der Waals surface area (Å²) < 4.78 is 0. The molecule has 1 aromatic carbocycles. The van der Waals surface area contributed by atoms with Gasteiger partial charge in [-0.15, -0.1) is 0 Å². The first-order chi connectivity index (χ1) is 7.99. The van der Waals surface area contributed by atoms with E-state index in [1.807, 2.05) is 19.1 Å². The van der Waals surface area contributed by atoms with Crippen LogP contribution in [0.3, 0.4) is 0 Å². The van der Waals surface area contributed by atoms with Crippen molar-refractivity contribution in [1.29, 1.82) is 0 Å². The summed E-state index contributed by atoms with van der Waals surface area (Å²) in [6.45, 7) is 1.83. The Labute approximate surface area is 105 Å². The maximum atomic E-state index is 11.9. The van der Waals surface area contributed by atoms with Crippen molar-refractivity contribution in [2.24, 2.45) is 0 Å². The van der Waals surface area contributed by atoms with E-state index in [2.05, 4.69) is 4.98 Å². The van der Waals surface area contributed by atoms with Crippen molar-refractivity contribution in [3.05, 3.63) is 40.5 Å². The van der Waals surface area contributed by atoms with Crippen LogP contribution >= 0.6 is 11.6 Å². The fourth-order valence-corrected chi connectivity index (χ4v) is 1.86. The molecule has 0 saturated heterocycles. The molecule has 3 nitrogen and oxygen atoms in total. The Morgan fingerprint density at radius 2 is 2.00 bits per heavy atom. The largest absolute Gasteiger partial charge is 0.345 e. The van der Waals surface area contributed by atoms with Gasteiger partial charge in [0, 0.05) is 24.5 Å². The van der Waals surface area contributed by atoms with E-state index < -0.39 is 0 Å². The van der Waals surface area contributed by atoms with Gasteiger partial charge in [-0.25, -0.2) is 0 Å². The molecule has 17 heavy (non-hydrogen) atoms. The molecular formula is C13H13ClN2O. The molecule has 0 bridgehead atoms. The second kappa shape index (κ2) is 4.34. The second-order valence-corrected chi connectivity index (χ2v) is 4.59. The number of aromatic nitrogens is 1. The molecule has 1 amide bonds. The molecule has 0 aliphatic carbocycles. The molecule has 1 heterocycles. The highest BCUT2D eigenvalue weighted by Gasteiger charge is 2.13. The van der Waals surface area contributed by atoms with E-state index in [9.17, 15) is 4.79 Å². The van der Waals surface area contributed by atoms with Crippen molar-refractivity contribution in [1.82, 2.24) is 9.88 Å². The van der Waals surface area contributed by atoms with Gasteiger partial charge in [-0.2, -0.15) is 0 Å². The normalized spacial score (nSPS) is 10.6. The summed E-state index contributed by atoms with van der Waals surface area (Å²) in [6.07, 6.45) is 0. The SMILES string of the molecule is Cc1nc2cc(Cl)ccc2cc1C(=O)N(C)C. The lowest BCUT2D eigenvalue weighted by atomic mass is 10.1. The van der Waals surface area contributed by atoms with E-state index >= 15 is 0 Å². The summed E-state index contributed by atoms with van der Waals surface area (Å²) in [7, 11) is 3.46. The third-order valence-corrected chi connectivity index (χ3v) is 2.84. The van der Waals surface area contributed by atoms with E-state index in [-0.39, 0.29) is 5.91 Å². The number of nitrogens with zero attached hydrogens (tertiary/aromatic N) is 2. The van der Waals surface area contributed by atoms with Crippen LogP contribution in [0.5, 0.6) is 0 Å². The quantitative estimate of drug-likeness (QED) is 0.778. The Balaban J connectivity index is 2.64. The Morgan fingerprint density at radius 3 is 2.65 bits per heavy atom. The van der Waals surface area contributed by atoms with Gasteiger partial charge in [0.1, 0.15) is 0 Å². The van der Waals surface area contributed by atoms with Gasteiger partial charge in [-0.05, 0) is 25.1 Å². The predicted octanol–water partition coefficient (Wildman–Crippen LogP) is 2.90. The lowest BCUT2D eigenvalue weighted by Crippen LogP contribution is -2.22. The van der Waals surface area contributed by atoms with Crippen LogP contribution in [0.4, 0.5) is 0 Å². The number of aryl methyl sites for hydroxylation is 1. The minimum absolute atomic E-state index is 0.0353. The van der Waals surface area contributed by atoms with E-state index in [0.29, 0.717) is 10.6 Å². The average Bonchev–Trinajstić information content (AvgIpc) is 2.27. The van der Waals surface area contributed by atoms with E-state index in [0.717, 1.165) is 16.6 Å². The van der Waals surface area contributed by atoms with Crippen LogP contribution in [0.1, 0.15) is 16.1 Å². The minimum Gasteiger partial charge on any atom is -0.345 e. The Morgan fingerprint density at radius 1 is 1.29 bits per heavy atom. The average molecular weight is 249 g/mol. The summed E-state index contributed by atoms with van der Waals surface area (Å²) in [5.74, 6) is -0.0353. The third kappa shape index (κ3) is 2.24. The van der Waals surface area contributed by atoms with Gasteiger partial charge in [0.2, 0.25) is 0 Å². The summed E-state index contributed by atoms with van der Waals surface area (Å²) in [5, 5.41) is 1.57. The molecule has 4 heteroatoms. The Kier molecular flexibility index (Phi) is 3.03. The molecule has 0 atom stereocenters. The predicted molar refractivity (Wildman–Crippen MR) is 69.5 cm³/mol. The molecule has 0 N–H and O–H groups in total. The molecule has 0 unspecified atom stereocenters. The standard InChI is InChI=1S/C13H13ClN2O/c1-8-11(13(17)16(2)3)6-9-4-5-10(14)7-12(9)15-8/h4-7H,1-3H3. The first-order valence-corrected chi connectivity index (χ1v) is 5.65. The van der Waals surface area contributed by atoms with Crippen LogP contribution in [0.25, 0.3) is 10.9 Å². The molecular weight excluding hydrogens is 236 g/mol. The number of carbonyl (C=O) groups excluding carboxylic acids is 1. The molecule has 2 rings (SSSR count). The number of fused-ring (bicyclic) bond motifs is 1. The number of amides is 1. The highest BCUT2D eigenvalue weighted by atomic mass is 35.5. The van der Waals surface area contributed by atoms with Crippen molar-refractivity contribution >= 4 is 28.4 Å². The van der Waals surface area contributed by atoms with Gasteiger partial charge in [0.05, 0.1) is 16.8 Å². The maximum Gasteiger partial charge on any atom is 0.255 e. The number of carbonyl (C=O) groups is 1. The van der Waals surface area contributed by atoms with Crippen LogP contribution in [-0.4, -0.2) is 29.9 Å². The summed E-state index contributed by atoms with van der Waals surface area (Å²) in [5.41, 5.74) is 2.16. The van der Waals surface area contributed by atoms with Gasteiger partial charge in [-0.3, -0.25) is 9.78 Å². The summed E-state index contributed by atoms with van der Waals surface area (Å²) in [6, 6.07) is 7.32. The number of benzene rings is 1. The molecule has 0 fully saturated rings. The fraction of sp³-hybridized carbons (Fsp3) is 0.231. The lowest BCUT2D eigenvalue weighted by Gasteiger charge is -2.12. The van der Waals surface area contributed by atoms with E-state index in [1.165, 1.54) is 0 Å². The van der Waals surface area contributed by atoms with Gasteiger partial charge < -0.3 is 4.90 Å². The zero-order valence-corrected chi connectivity index (χ0v) is 10.7. The molecule has 1 aromatic heterocycles. The lowest BCUT2D eigenvalue weighted by molar-refractivity contribution is 0.0826. The molecule has 0 spiro atoms. The highest BCUT2D eigenvalue weighted by molar-refractivity contribution is 6.31. The monoisotopic (exact) mass is 248 g/mol. The molecule has 0 saturated carbocycles. The van der Waals surface area contributed by atoms with Crippen LogP contribution in [0.2, 0.25) is 5.02 Å². The van der Waals surface area contributed by atoms with Crippen molar-refractivity contribution in [3.63, 3.8) is 0 Å². The molecule has 0 radical (unpaired) electrons. The van der Waals surface area contributed by atoms with Gasteiger partial charge in [-0.1, -0.05) is 17.7 Å². The van der Waals surface area contributed by atoms with Gasteiger partial charge in [0.25, 0.3) is 5.91 Å². The fourth-order valence-electron chi connectivity index (χ4n) is 1.69. The maximum absolute atomic E-state index is 11.9. The van der Waals surface area contributed by atoms with Crippen LogP contribution in [-0.2, 0) is 0 Å². The number of halogens is 1. The molecule has 0 aliphatic rings. The van der Waals surface area contributed by atoms with Crippen LogP contribution in [0.15, 0.2) is 24.3 Å². The van der Waals surface area contributed by atoms with Crippen molar-refractivity contribution in [2.75, 3.05) is 14.1 Å². The first kappa shape index (κ1) is 11.9. The third-order valence-electron chi connectivity index (χ3n) is 2.61. The molecule has 2 aromatic rings. The Bertz CT molecular complexity index is 593. The topological polar surface area (TPSA) is 33.2 Å². The second-order valence-electron chi connectivity index (χ2n) is 4.16. The van der Waals surface area contributed by atoms with Gasteiger partial charge >= 0.3 is 0 Å². The van der Waals surface area contributed by atoms with Crippen molar-refractivity contribution in [3.8, 4) is 0 Å². The zero-order valence-electron chi connectivity index (χ0n) is 9.99. The smallest absolute Gasteiger partial charge is 0.255 e. The number of pyridine rings is 1. The summed E-state index contributed by atoms with van der Waals surface area (Å²) in [4.78, 5) is 17.9. The van der Waals surface area contributed by atoms with Crippen molar-refractivity contribution in [2.45, 2.75) is 6.92 Å². The van der Waals surface area contributed by atoms with Crippen molar-refractivity contribution < 1.29 is 4.79 Å². The highest BCUT2D eigenvalue weighted by Crippen LogP contribution is 2.21. The van der Waals surface area contributed by atoms with Crippen LogP contribution < -0.4 is 0 Å². The molecule has 88 valence electrons. The minimum atomic E-state index is -0.0353. The zero-order chi connectivity index (χ0) is 12.6. The molecule has 0 aliphatic heterocycles. The number of hydrogen-bond donors (Lipinski definition) is 0. The number of hydrogen-bond acceptors (Lipinski definition) is 2.